The first-order chi connectivity index (χ1) is 24.0. The highest BCUT2D eigenvalue weighted by Crippen LogP contribution is 2.49. The van der Waals surface area contributed by atoms with Gasteiger partial charge in [0.25, 0.3) is 0 Å². The Kier molecular flexibility index (Phi) is 13.2. The van der Waals surface area contributed by atoms with E-state index in [9.17, 15) is 24.3 Å². The molecule has 2 fully saturated rings. The third-order valence-electron chi connectivity index (χ3n) is 10.0. The number of anilines is 1. The largest absolute Gasteiger partial charge is 0.495 e. The summed E-state index contributed by atoms with van der Waals surface area (Å²) in [6.07, 6.45) is 3.16. The minimum Gasteiger partial charge on any atom is -0.495 e. The van der Waals surface area contributed by atoms with Gasteiger partial charge in [0, 0.05) is 45.7 Å². The molecule has 13 nitrogen and oxygen atoms in total. The van der Waals surface area contributed by atoms with Crippen LogP contribution in [0, 0.1) is 5.92 Å². The fraction of sp³-hybridized carbons (Fsp3) is 0.611. The molecular weight excluding hydrogens is 702 g/mol. The number of methoxy groups -OCH3 is 2. The van der Waals surface area contributed by atoms with Crippen LogP contribution in [-0.2, 0) is 39.8 Å². The normalized spacial score (nSPS) is 31.9. The molecule has 0 aromatic heterocycles. The van der Waals surface area contributed by atoms with Crippen molar-refractivity contribution in [1.29, 1.82) is 0 Å². The van der Waals surface area contributed by atoms with E-state index in [4.69, 9.17) is 35.3 Å². The van der Waals surface area contributed by atoms with E-state index >= 15 is 0 Å². The summed E-state index contributed by atoms with van der Waals surface area (Å²) in [6, 6.07) is 2.64. The number of aliphatic hydroxyl groups is 1. The first-order valence-electron chi connectivity index (χ1n) is 16.8. The number of hydrogen-bond acceptors (Lipinski definition) is 11. The molecule has 51 heavy (non-hydrogen) atoms. The fourth-order valence-electron chi connectivity index (χ4n) is 6.58. The van der Waals surface area contributed by atoms with Gasteiger partial charge in [-0.1, -0.05) is 42.3 Å². The van der Waals surface area contributed by atoms with Crippen LogP contribution in [-0.4, -0.2) is 116 Å². The van der Waals surface area contributed by atoms with Crippen LogP contribution in [0.25, 0.3) is 0 Å². The second-order valence-electron chi connectivity index (χ2n) is 13.6. The lowest BCUT2D eigenvalue weighted by Gasteiger charge is -2.42. The van der Waals surface area contributed by atoms with Crippen LogP contribution in [0.15, 0.2) is 35.9 Å². The van der Waals surface area contributed by atoms with Crippen molar-refractivity contribution in [2.45, 2.75) is 95.2 Å². The number of thioether (sulfide) groups is 1. The van der Waals surface area contributed by atoms with Crippen molar-refractivity contribution in [3.63, 3.8) is 0 Å². The van der Waals surface area contributed by atoms with Gasteiger partial charge >= 0.3 is 12.1 Å². The molecule has 15 heteroatoms. The molecule has 0 spiro atoms. The third-order valence-corrected chi connectivity index (χ3v) is 11.0. The summed E-state index contributed by atoms with van der Waals surface area (Å²) in [5, 5.41) is 14.4. The number of hydrogen-bond donors (Lipinski definition) is 2. The molecule has 8 atom stereocenters. The second kappa shape index (κ2) is 16.6. The van der Waals surface area contributed by atoms with Crippen molar-refractivity contribution in [2.75, 3.05) is 45.2 Å². The molecule has 3 aliphatic heterocycles. The fourth-order valence-corrected chi connectivity index (χ4v) is 7.28. The van der Waals surface area contributed by atoms with Crippen molar-refractivity contribution in [1.82, 2.24) is 10.2 Å². The maximum atomic E-state index is 14.1. The highest BCUT2D eigenvalue weighted by molar-refractivity contribution is 7.98. The SMILES string of the molecule is COc1cc2cc(c1Cl)N(C)C(=O)CC(OC(=O)C(C)N(C)C(=O)CCSC)C1(C)OC1C(C)C1CC(O)(NC(=O)O1)C(OC)/C=C/C=C(\C)C2. The monoisotopic (exact) mass is 751 g/mol. The molecule has 3 amide bonds. The zero-order valence-electron chi connectivity index (χ0n) is 30.7. The van der Waals surface area contributed by atoms with E-state index in [1.807, 2.05) is 19.3 Å². The van der Waals surface area contributed by atoms with Gasteiger partial charge in [0.05, 0.1) is 25.3 Å². The van der Waals surface area contributed by atoms with Crippen molar-refractivity contribution >= 4 is 52.9 Å². The van der Waals surface area contributed by atoms with Gasteiger partial charge in [-0.2, -0.15) is 11.8 Å². The number of likely N-dealkylation sites (N-methyl/N-ethyl adjacent to an activating group) is 1. The molecule has 4 bridgehead atoms. The Bertz CT molecular complexity index is 1560. The molecule has 1 aromatic rings. The smallest absolute Gasteiger partial charge is 0.409 e. The Morgan fingerprint density at radius 3 is 2.63 bits per heavy atom. The molecular formula is C36H50ClN3O10S. The zero-order chi connectivity index (χ0) is 37.8. The van der Waals surface area contributed by atoms with Crippen LogP contribution in [0.5, 0.6) is 5.75 Å². The summed E-state index contributed by atoms with van der Waals surface area (Å²) in [6.45, 7) is 7.02. The summed E-state index contributed by atoms with van der Waals surface area (Å²) < 4.78 is 29.1. The number of amides is 3. The number of allylic oxidation sites excluding steroid dienone is 3. The van der Waals surface area contributed by atoms with Crippen LogP contribution >= 0.6 is 23.4 Å². The van der Waals surface area contributed by atoms with Crippen molar-refractivity contribution in [3.05, 3.63) is 46.5 Å². The predicted molar refractivity (Wildman–Crippen MR) is 194 cm³/mol. The summed E-state index contributed by atoms with van der Waals surface area (Å²) >= 11 is 8.27. The molecule has 8 unspecified atom stereocenters. The lowest BCUT2D eigenvalue weighted by atomic mass is 9.83. The number of epoxide rings is 1. The van der Waals surface area contributed by atoms with Crippen molar-refractivity contribution < 1.29 is 48.0 Å². The van der Waals surface area contributed by atoms with E-state index in [1.165, 1.54) is 42.8 Å². The predicted octanol–water partition coefficient (Wildman–Crippen LogP) is 4.27. The molecule has 2 saturated heterocycles. The van der Waals surface area contributed by atoms with Gasteiger partial charge in [-0.25, -0.2) is 9.59 Å². The molecule has 2 N–H and O–H groups in total. The number of halogens is 1. The van der Waals surface area contributed by atoms with Gasteiger partial charge in [0.2, 0.25) is 11.8 Å². The summed E-state index contributed by atoms with van der Waals surface area (Å²) in [5.74, 6) is -0.896. The number of ether oxygens (including phenoxy) is 5. The van der Waals surface area contributed by atoms with Crippen LogP contribution in [0.1, 0.15) is 52.5 Å². The van der Waals surface area contributed by atoms with E-state index in [-0.39, 0.29) is 30.2 Å². The van der Waals surface area contributed by atoms with Crippen molar-refractivity contribution in [3.8, 4) is 5.75 Å². The summed E-state index contributed by atoms with van der Waals surface area (Å²) in [7, 11) is 6.04. The van der Waals surface area contributed by atoms with E-state index < -0.39 is 65.7 Å². The highest BCUT2D eigenvalue weighted by Gasteiger charge is 2.64. The van der Waals surface area contributed by atoms with Crippen LogP contribution < -0.4 is 15.0 Å². The van der Waals surface area contributed by atoms with Crippen LogP contribution in [0.2, 0.25) is 5.02 Å². The second-order valence-corrected chi connectivity index (χ2v) is 15.0. The molecule has 0 radical (unpaired) electrons. The van der Waals surface area contributed by atoms with E-state index in [1.54, 1.807) is 52.1 Å². The minimum atomic E-state index is -1.82. The Morgan fingerprint density at radius 2 is 1.98 bits per heavy atom. The summed E-state index contributed by atoms with van der Waals surface area (Å²) in [4.78, 5) is 56.0. The maximum Gasteiger partial charge on any atom is 0.409 e. The number of esters is 1. The van der Waals surface area contributed by atoms with E-state index in [0.29, 0.717) is 23.6 Å². The number of nitrogens with one attached hydrogen (secondary N) is 1. The molecule has 3 aliphatic rings. The molecule has 282 valence electrons. The van der Waals surface area contributed by atoms with E-state index in [2.05, 4.69) is 5.32 Å². The lowest BCUT2D eigenvalue weighted by molar-refractivity contribution is -0.161. The average molecular weight is 752 g/mol. The van der Waals surface area contributed by atoms with Gasteiger partial charge in [-0.05, 0) is 51.1 Å². The number of fused-ring (bicyclic) bond motifs is 5. The number of rotatable bonds is 8. The molecule has 0 saturated carbocycles. The maximum absolute atomic E-state index is 14.1. The van der Waals surface area contributed by atoms with Crippen LogP contribution in [0.4, 0.5) is 10.5 Å². The Morgan fingerprint density at radius 1 is 1.27 bits per heavy atom. The minimum absolute atomic E-state index is 0.0440. The van der Waals surface area contributed by atoms with Gasteiger partial charge in [0.1, 0.15) is 40.7 Å². The third kappa shape index (κ3) is 9.02. The number of carbonyl (C=O) groups is 4. The van der Waals surface area contributed by atoms with Gasteiger partial charge in [-0.15, -0.1) is 0 Å². The topological polar surface area (TPSA) is 156 Å². The standard InChI is InChI=1S/C36H50ClN3O10S/c1-20-11-10-12-27(47-8)36(45)19-26(48-34(44)38-36)21(2)32-35(4,50-32)28(49-33(43)22(3)39(5)29(41)13-14-51-9)18-30(42)40(6)24-16-23(15-20)17-25(46-7)31(24)37/h10-12,16-17,21-22,26-28,32,45H,13-15,18-19H2,1-9H3,(H,38,44)/b12-10+,20-11+. The summed E-state index contributed by atoms with van der Waals surface area (Å²) in [5.41, 5.74) is -0.877. The van der Waals surface area contributed by atoms with Gasteiger partial charge < -0.3 is 38.6 Å². The Balaban J connectivity index is 1.76. The Hall–Kier alpha value is -3.30. The number of nitrogens with zero attached hydrogens (tertiary/aromatic N) is 2. The average Bonchev–Trinajstić information content (AvgIpc) is 3.79. The first kappa shape index (κ1) is 40.5. The molecule has 4 rings (SSSR count). The number of alkyl carbamates (subject to hydrolysis) is 1. The Labute approximate surface area is 308 Å². The van der Waals surface area contributed by atoms with E-state index in [0.717, 1.165) is 11.1 Å². The highest BCUT2D eigenvalue weighted by atomic mass is 35.5. The first-order valence-corrected chi connectivity index (χ1v) is 18.6. The molecule has 1 aromatic carbocycles. The molecule has 3 heterocycles. The van der Waals surface area contributed by atoms with Crippen LogP contribution in [0.3, 0.4) is 0 Å². The van der Waals surface area contributed by atoms with Gasteiger partial charge in [-0.3, -0.25) is 14.9 Å². The van der Waals surface area contributed by atoms with Gasteiger partial charge in [0.15, 0.2) is 5.72 Å². The lowest BCUT2D eigenvalue weighted by Crippen LogP contribution is -2.63. The van der Waals surface area contributed by atoms with Crippen molar-refractivity contribution in [2.24, 2.45) is 5.92 Å². The quantitative estimate of drug-likeness (QED) is 0.289. The number of benzene rings is 1. The molecule has 0 aliphatic carbocycles. The number of carbonyl (C=O) groups excluding carboxylic acids is 4. The zero-order valence-corrected chi connectivity index (χ0v) is 32.3.